The SMILES string of the molecule is COc1ccc2c(C)c(Cl)c(=O)oc2c1. The van der Waals surface area contributed by atoms with E-state index in [0.717, 1.165) is 10.9 Å². The van der Waals surface area contributed by atoms with E-state index in [-0.39, 0.29) is 5.02 Å². The number of fused-ring (bicyclic) bond motifs is 1. The third kappa shape index (κ3) is 1.59. The highest BCUT2D eigenvalue weighted by atomic mass is 35.5. The van der Waals surface area contributed by atoms with Crippen LogP contribution in [0.5, 0.6) is 5.75 Å². The Morgan fingerprint density at radius 1 is 1.40 bits per heavy atom. The van der Waals surface area contributed by atoms with Gasteiger partial charge in [-0.3, -0.25) is 0 Å². The maximum atomic E-state index is 11.3. The minimum Gasteiger partial charge on any atom is -0.497 e. The predicted molar refractivity (Wildman–Crippen MR) is 58.8 cm³/mol. The Labute approximate surface area is 91.2 Å². The Bertz CT molecular complexity index is 572. The van der Waals surface area contributed by atoms with Gasteiger partial charge in [-0.15, -0.1) is 0 Å². The summed E-state index contributed by atoms with van der Waals surface area (Å²) in [5.41, 5.74) is 0.696. The van der Waals surface area contributed by atoms with Gasteiger partial charge in [-0.1, -0.05) is 11.6 Å². The van der Waals surface area contributed by atoms with Crippen LogP contribution in [0.2, 0.25) is 5.02 Å². The van der Waals surface area contributed by atoms with Crippen molar-refractivity contribution >= 4 is 22.6 Å². The van der Waals surface area contributed by atoms with Crippen molar-refractivity contribution in [3.05, 3.63) is 39.2 Å². The first-order valence-corrected chi connectivity index (χ1v) is 4.78. The van der Waals surface area contributed by atoms with E-state index in [1.807, 2.05) is 6.07 Å². The largest absolute Gasteiger partial charge is 0.497 e. The van der Waals surface area contributed by atoms with Gasteiger partial charge in [0.25, 0.3) is 0 Å². The smallest absolute Gasteiger partial charge is 0.355 e. The van der Waals surface area contributed by atoms with Crippen LogP contribution < -0.4 is 10.4 Å². The lowest BCUT2D eigenvalue weighted by atomic mass is 10.1. The summed E-state index contributed by atoms with van der Waals surface area (Å²) in [6, 6.07) is 5.28. The molecule has 2 aromatic rings. The molecule has 1 aromatic carbocycles. The van der Waals surface area contributed by atoms with Gasteiger partial charge < -0.3 is 9.15 Å². The lowest BCUT2D eigenvalue weighted by Crippen LogP contribution is -2.01. The zero-order valence-corrected chi connectivity index (χ0v) is 9.09. The summed E-state index contributed by atoms with van der Waals surface area (Å²) < 4.78 is 10.1. The molecule has 0 aliphatic rings. The van der Waals surface area contributed by atoms with Crippen LogP contribution in [-0.4, -0.2) is 7.11 Å². The fourth-order valence-electron chi connectivity index (χ4n) is 1.44. The molecule has 3 nitrogen and oxygen atoms in total. The maximum absolute atomic E-state index is 11.3. The molecule has 1 heterocycles. The van der Waals surface area contributed by atoms with Crippen molar-refractivity contribution in [3.8, 4) is 5.75 Å². The van der Waals surface area contributed by atoms with Crippen molar-refractivity contribution < 1.29 is 9.15 Å². The molecule has 0 saturated heterocycles. The van der Waals surface area contributed by atoms with Gasteiger partial charge in [-0.2, -0.15) is 0 Å². The molecule has 78 valence electrons. The van der Waals surface area contributed by atoms with E-state index in [1.165, 1.54) is 0 Å². The molecule has 15 heavy (non-hydrogen) atoms. The zero-order chi connectivity index (χ0) is 11.0. The van der Waals surface area contributed by atoms with E-state index in [2.05, 4.69) is 0 Å². The van der Waals surface area contributed by atoms with Crippen molar-refractivity contribution in [2.45, 2.75) is 6.92 Å². The van der Waals surface area contributed by atoms with E-state index in [0.29, 0.717) is 11.3 Å². The topological polar surface area (TPSA) is 39.4 Å². The fourth-order valence-corrected chi connectivity index (χ4v) is 1.58. The van der Waals surface area contributed by atoms with Crippen LogP contribution in [0.15, 0.2) is 27.4 Å². The molecule has 0 spiro atoms. The highest BCUT2D eigenvalue weighted by Gasteiger charge is 2.09. The Morgan fingerprint density at radius 2 is 2.13 bits per heavy atom. The highest BCUT2D eigenvalue weighted by Crippen LogP contribution is 2.25. The number of rotatable bonds is 1. The maximum Gasteiger partial charge on any atom is 0.355 e. The monoisotopic (exact) mass is 224 g/mol. The minimum atomic E-state index is -0.519. The molecule has 0 aliphatic heterocycles. The molecule has 4 heteroatoms. The molecule has 0 amide bonds. The number of hydrogen-bond donors (Lipinski definition) is 0. The lowest BCUT2D eigenvalue weighted by molar-refractivity contribution is 0.414. The van der Waals surface area contributed by atoms with E-state index >= 15 is 0 Å². The van der Waals surface area contributed by atoms with Crippen LogP contribution in [-0.2, 0) is 0 Å². The molecule has 0 radical (unpaired) electrons. The summed E-state index contributed by atoms with van der Waals surface area (Å²) in [4.78, 5) is 11.3. The number of methoxy groups -OCH3 is 1. The van der Waals surface area contributed by atoms with E-state index in [1.54, 1.807) is 26.2 Å². The molecule has 1 aromatic heterocycles. The normalized spacial score (nSPS) is 10.6. The van der Waals surface area contributed by atoms with Gasteiger partial charge in [0.05, 0.1) is 7.11 Å². The van der Waals surface area contributed by atoms with Crippen LogP contribution in [0, 0.1) is 6.92 Å². The summed E-state index contributed by atoms with van der Waals surface area (Å²) in [5, 5.41) is 0.952. The second-order valence-electron chi connectivity index (χ2n) is 3.19. The molecular weight excluding hydrogens is 216 g/mol. The van der Waals surface area contributed by atoms with Crippen LogP contribution in [0.25, 0.3) is 11.0 Å². The van der Waals surface area contributed by atoms with E-state index in [4.69, 9.17) is 20.8 Å². The predicted octanol–water partition coefficient (Wildman–Crippen LogP) is 2.76. The van der Waals surface area contributed by atoms with Crippen LogP contribution in [0.3, 0.4) is 0 Å². The molecule has 0 atom stereocenters. The van der Waals surface area contributed by atoms with Gasteiger partial charge in [0, 0.05) is 11.5 Å². The molecule has 0 aliphatic carbocycles. The Morgan fingerprint density at radius 3 is 2.80 bits per heavy atom. The molecule has 2 rings (SSSR count). The van der Waals surface area contributed by atoms with E-state index in [9.17, 15) is 4.79 Å². The Kier molecular flexibility index (Phi) is 2.40. The number of halogens is 1. The van der Waals surface area contributed by atoms with Gasteiger partial charge in [0.15, 0.2) is 0 Å². The highest BCUT2D eigenvalue weighted by molar-refractivity contribution is 6.31. The average Bonchev–Trinajstić information content (AvgIpc) is 2.25. The average molecular weight is 225 g/mol. The quantitative estimate of drug-likeness (QED) is 0.700. The van der Waals surface area contributed by atoms with Crippen LogP contribution in [0.1, 0.15) is 5.56 Å². The Hall–Kier alpha value is -1.48. The molecule has 0 unspecified atom stereocenters. The summed E-state index contributed by atoms with van der Waals surface area (Å²) in [5.74, 6) is 0.646. The molecule has 0 saturated carbocycles. The standard InChI is InChI=1S/C11H9ClO3/c1-6-8-4-3-7(14-2)5-9(8)15-11(13)10(6)12/h3-5H,1-2H3. The first kappa shape index (κ1) is 10.1. The molecular formula is C11H9ClO3. The van der Waals surface area contributed by atoms with Gasteiger partial charge in [-0.05, 0) is 24.6 Å². The summed E-state index contributed by atoms with van der Waals surface area (Å²) in [7, 11) is 1.56. The van der Waals surface area contributed by atoms with Crippen LogP contribution in [0.4, 0.5) is 0 Å². The van der Waals surface area contributed by atoms with Gasteiger partial charge in [0.1, 0.15) is 16.4 Å². The van der Waals surface area contributed by atoms with Crippen molar-refractivity contribution in [1.29, 1.82) is 0 Å². The number of aryl methyl sites for hydroxylation is 1. The van der Waals surface area contributed by atoms with Crippen molar-refractivity contribution in [2.75, 3.05) is 7.11 Å². The third-order valence-electron chi connectivity index (χ3n) is 2.30. The third-order valence-corrected chi connectivity index (χ3v) is 2.74. The van der Waals surface area contributed by atoms with Crippen LogP contribution >= 0.6 is 11.6 Å². The van der Waals surface area contributed by atoms with Gasteiger partial charge in [0.2, 0.25) is 0 Å². The Balaban J connectivity index is 2.86. The first-order valence-electron chi connectivity index (χ1n) is 4.40. The number of benzene rings is 1. The number of hydrogen-bond acceptors (Lipinski definition) is 3. The van der Waals surface area contributed by atoms with Gasteiger partial charge >= 0.3 is 5.63 Å². The second kappa shape index (κ2) is 3.59. The first-order chi connectivity index (χ1) is 7.13. The number of ether oxygens (including phenoxy) is 1. The summed E-state index contributed by atoms with van der Waals surface area (Å²) in [6.45, 7) is 1.79. The summed E-state index contributed by atoms with van der Waals surface area (Å²) in [6.07, 6.45) is 0. The fraction of sp³-hybridized carbons (Fsp3) is 0.182. The van der Waals surface area contributed by atoms with Crippen molar-refractivity contribution in [3.63, 3.8) is 0 Å². The minimum absolute atomic E-state index is 0.132. The van der Waals surface area contributed by atoms with Crippen molar-refractivity contribution in [1.82, 2.24) is 0 Å². The van der Waals surface area contributed by atoms with Gasteiger partial charge in [-0.25, -0.2) is 4.79 Å². The molecule has 0 bridgehead atoms. The van der Waals surface area contributed by atoms with E-state index < -0.39 is 5.63 Å². The summed E-state index contributed by atoms with van der Waals surface area (Å²) >= 11 is 5.79. The molecule has 0 fully saturated rings. The van der Waals surface area contributed by atoms with Crippen molar-refractivity contribution in [2.24, 2.45) is 0 Å². The lowest BCUT2D eigenvalue weighted by Gasteiger charge is -2.04. The zero-order valence-electron chi connectivity index (χ0n) is 8.33. The second-order valence-corrected chi connectivity index (χ2v) is 3.57. The molecule has 0 N–H and O–H groups in total.